The Hall–Kier alpha value is -1.26. The van der Waals surface area contributed by atoms with Crippen molar-refractivity contribution in [2.24, 2.45) is 0 Å². The maximum absolute atomic E-state index is 11.8. The summed E-state index contributed by atoms with van der Waals surface area (Å²) in [5, 5.41) is 8.58. The zero-order valence-corrected chi connectivity index (χ0v) is 9.42. The standard InChI is InChI=1S/C7H3F3INO4/c8-7(9,10)16-3-1-2(11)4(6(14)15)12-5(3)13/h1H,(H,12,13)(H,14,15). The molecule has 0 radical (unpaired) electrons. The van der Waals surface area contributed by atoms with E-state index in [1.807, 2.05) is 0 Å². The number of alkyl halides is 3. The number of carboxylic acid groups (broad SMARTS) is 1. The van der Waals surface area contributed by atoms with Crippen LogP contribution < -0.4 is 10.3 Å². The lowest BCUT2D eigenvalue weighted by Gasteiger charge is -2.08. The van der Waals surface area contributed by atoms with E-state index < -0.39 is 29.3 Å². The van der Waals surface area contributed by atoms with Gasteiger partial charge in [0.05, 0.1) is 0 Å². The average Bonchev–Trinajstić information content (AvgIpc) is 2.07. The van der Waals surface area contributed by atoms with Crippen LogP contribution in [0.25, 0.3) is 0 Å². The summed E-state index contributed by atoms with van der Waals surface area (Å²) in [6.07, 6.45) is -5.00. The molecule has 0 aliphatic heterocycles. The van der Waals surface area contributed by atoms with E-state index in [1.165, 1.54) is 22.6 Å². The SMILES string of the molecule is O=C(O)c1[nH]c(=O)c(OC(F)(F)F)cc1I. The van der Waals surface area contributed by atoms with Gasteiger partial charge in [0.25, 0.3) is 5.56 Å². The number of halogens is 4. The van der Waals surface area contributed by atoms with Gasteiger partial charge in [-0.3, -0.25) is 4.79 Å². The number of ether oxygens (including phenoxy) is 1. The third-order valence-corrected chi connectivity index (χ3v) is 2.25. The van der Waals surface area contributed by atoms with Gasteiger partial charge in [0.1, 0.15) is 5.69 Å². The van der Waals surface area contributed by atoms with Crippen LogP contribution in [0.15, 0.2) is 10.9 Å². The molecule has 0 unspecified atom stereocenters. The van der Waals surface area contributed by atoms with E-state index in [2.05, 4.69) is 4.74 Å². The zero-order valence-electron chi connectivity index (χ0n) is 7.26. The van der Waals surface area contributed by atoms with Crippen LogP contribution in [0.3, 0.4) is 0 Å². The summed E-state index contributed by atoms with van der Waals surface area (Å²) in [5.41, 5.74) is -1.74. The first kappa shape index (κ1) is 12.8. The number of H-pyrrole nitrogens is 1. The Bertz CT molecular complexity index is 482. The largest absolute Gasteiger partial charge is 0.573 e. The smallest absolute Gasteiger partial charge is 0.477 e. The number of hydrogen-bond acceptors (Lipinski definition) is 3. The second-order valence-electron chi connectivity index (χ2n) is 2.54. The van der Waals surface area contributed by atoms with E-state index in [1.54, 1.807) is 4.98 Å². The van der Waals surface area contributed by atoms with E-state index in [4.69, 9.17) is 5.11 Å². The molecule has 5 nitrogen and oxygen atoms in total. The van der Waals surface area contributed by atoms with Crippen LogP contribution in [0, 0.1) is 3.57 Å². The molecule has 1 aromatic heterocycles. The molecule has 16 heavy (non-hydrogen) atoms. The third kappa shape index (κ3) is 3.12. The van der Waals surface area contributed by atoms with Crippen LogP contribution >= 0.6 is 22.6 Å². The molecular formula is C7H3F3INO4. The quantitative estimate of drug-likeness (QED) is 0.795. The normalized spacial score (nSPS) is 11.2. The van der Waals surface area contributed by atoms with Crippen LogP contribution in [-0.4, -0.2) is 22.4 Å². The predicted molar refractivity (Wildman–Crippen MR) is 53.4 cm³/mol. The van der Waals surface area contributed by atoms with Crippen molar-refractivity contribution in [3.63, 3.8) is 0 Å². The number of hydrogen-bond donors (Lipinski definition) is 2. The highest BCUT2D eigenvalue weighted by Gasteiger charge is 2.32. The fourth-order valence-corrected chi connectivity index (χ4v) is 1.49. The van der Waals surface area contributed by atoms with Gasteiger partial charge < -0.3 is 14.8 Å². The molecular weight excluding hydrogens is 346 g/mol. The molecule has 0 fully saturated rings. The molecule has 2 N–H and O–H groups in total. The number of carbonyl (C=O) groups is 1. The van der Waals surface area contributed by atoms with E-state index in [9.17, 15) is 22.8 Å². The monoisotopic (exact) mass is 349 g/mol. The predicted octanol–water partition coefficient (Wildman–Crippen LogP) is 1.58. The fraction of sp³-hybridized carbons (Fsp3) is 0.143. The van der Waals surface area contributed by atoms with E-state index >= 15 is 0 Å². The van der Waals surface area contributed by atoms with Crippen molar-refractivity contribution < 1.29 is 27.8 Å². The van der Waals surface area contributed by atoms with Gasteiger partial charge in [-0.25, -0.2) is 4.79 Å². The molecule has 0 bridgehead atoms. The summed E-state index contributed by atoms with van der Waals surface area (Å²) in [6.45, 7) is 0. The number of aromatic amines is 1. The molecule has 0 aliphatic rings. The highest BCUT2D eigenvalue weighted by molar-refractivity contribution is 14.1. The van der Waals surface area contributed by atoms with Gasteiger partial charge in [0, 0.05) is 9.64 Å². The van der Waals surface area contributed by atoms with Crippen molar-refractivity contribution in [2.45, 2.75) is 6.36 Å². The van der Waals surface area contributed by atoms with Crippen molar-refractivity contribution in [3.05, 3.63) is 25.7 Å². The molecule has 88 valence electrons. The molecule has 1 rings (SSSR count). The zero-order chi connectivity index (χ0) is 12.5. The average molecular weight is 349 g/mol. The summed E-state index contributed by atoms with van der Waals surface area (Å²) in [6, 6.07) is 0.705. The van der Waals surface area contributed by atoms with E-state index in [0.29, 0.717) is 6.07 Å². The minimum absolute atomic E-state index is 0.0658. The number of aromatic nitrogens is 1. The van der Waals surface area contributed by atoms with Gasteiger partial charge in [0.15, 0.2) is 5.75 Å². The topological polar surface area (TPSA) is 79.4 Å². The van der Waals surface area contributed by atoms with Gasteiger partial charge in [-0.05, 0) is 22.6 Å². The summed E-state index contributed by atoms with van der Waals surface area (Å²) in [4.78, 5) is 23.3. The maximum Gasteiger partial charge on any atom is 0.573 e. The molecule has 0 amide bonds. The first-order valence-electron chi connectivity index (χ1n) is 3.62. The number of rotatable bonds is 2. The van der Waals surface area contributed by atoms with Gasteiger partial charge >= 0.3 is 12.3 Å². The Morgan fingerprint density at radius 2 is 2.06 bits per heavy atom. The first-order chi connectivity index (χ1) is 7.20. The lowest BCUT2D eigenvalue weighted by Crippen LogP contribution is -2.24. The number of carboxylic acids is 1. The Labute approximate surface area is 99.4 Å². The molecule has 0 aliphatic carbocycles. The Morgan fingerprint density at radius 1 is 1.50 bits per heavy atom. The summed E-state index contributed by atoms with van der Waals surface area (Å²) < 4.78 is 38.8. The van der Waals surface area contributed by atoms with Gasteiger partial charge in [-0.2, -0.15) is 0 Å². The molecule has 9 heteroatoms. The molecule has 0 aromatic carbocycles. The summed E-state index contributed by atoms with van der Waals surface area (Å²) in [5.74, 6) is -2.44. The van der Waals surface area contributed by atoms with Crippen molar-refractivity contribution >= 4 is 28.6 Å². The Balaban J connectivity index is 3.21. The van der Waals surface area contributed by atoms with E-state index in [0.717, 1.165) is 0 Å². The fourth-order valence-electron chi connectivity index (χ4n) is 0.844. The third-order valence-electron chi connectivity index (χ3n) is 1.40. The highest BCUT2D eigenvalue weighted by Crippen LogP contribution is 2.21. The number of nitrogens with one attached hydrogen (secondary N) is 1. The van der Waals surface area contributed by atoms with Crippen LogP contribution in [0.5, 0.6) is 5.75 Å². The van der Waals surface area contributed by atoms with Crippen LogP contribution in [0.2, 0.25) is 0 Å². The van der Waals surface area contributed by atoms with Crippen molar-refractivity contribution in [1.82, 2.24) is 4.98 Å². The van der Waals surface area contributed by atoms with E-state index in [-0.39, 0.29) is 3.57 Å². The summed E-state index contributed by atoms with van der Waals surface area (Å²) >= 11 is 1.47. The molecule has 0 saturated carbocycles. The van der Waals surface area contributed by atoms with Gasteiger partial charge in [-0.15, -0.1) is 13.2 Å². The lowest BCUT2D eigenvalue weighted by molar-refractivity contribution is -0.275. The molecule has 0 saturated heterocycles. The van der Waals surface area contributed by atoms with Crippen LogP contribution in [-0.2, 0) is 0 Å². The summed E-state index contributed by atoms with van der Waals surface area (Å²) in [7, 11) is 0. The van der Waals surface area contributed by atoms with Crippen molar-refractivity contribution in [3.8, 4) is 5.75 Å². The van der Waals surface area contributed by atoms with Gasteiger partial charge in [0.2, 0.25) is 0 Å². The number of aromatic carboxylic acids is 1. The number of pyridine rings is 1. The minimum atomic E-state index is -5.00. The lowest BCUT2D eigenvalue weighted by atomic mass is 10.3. The second-order valence-corrected chi connectivity index (χ2v) is 3.70. The Morgan fingerprint density at radius 3 is 2.50 bits per heavy atom. The minimum Gasteiger partial charge on any atom is -0.477 e. The Kier molecular flexibility index (Phi) is 3.45. The van der Waals surface area contributed by atoms with Gasteiger partial charge in [-0.1, -0.05) is 0 Å². The highest BCUT2D eigenvalue weighted by atomic mass is 127. The molecule has 0 atom stereocenters. The van der Waals surface area contributed by atoms with Crippen molar-refractivity contribution in [1.29, 1.82) is 0 Å². The molecule has 1 heterocycles. The first-order valence-corrected chi connectivity index (χ1v) is 4.70. The van der Waals surface area contributed by atoms with Crippen LogP contribution in [0.4, 0.5) is 13.2 Å². The maximum atomic E-state index is 11.8. The second kappa shape index (κ2) is 4.31. The van der Waals surface area contributed by atoms with Crippen LogP contribution in [0.1, 0.15) is 10.5 Å². The molecule has 1 aromatic rings. The molecule has 0 spiro atoms. The van der Waals surface area contributed by atoms with Crippen molar-refractivity contribution in [2.75, 3.05) is 0 Å².